The molecule has 0 amide bonds. The molecule has 0 radical (unpaired) electrons. The second-order valence-corrected chi connectivity index (χ2v) is 5.00. The van der Waals surface area contributed by atoms with Crippen LogP contribution in [0.1, 0.15) is 39.0 Å². The van der Waals surface area contributed by atoms with Gasteiger partial charge in [-0.3, -0.25) is 4.90 Å². The van der Waals surface area contributed by atoms with Crippen LogP contribution < -0.4 is 0 Å². The molecular weight excluding hydrogens is 206 g/mol. The molecule has 1 N–H and O–H groups in total. The lowest BCUT2D eigenvalue weighted by molar-refractivity contribution is -0.149. The number of nitrogens with zero attached hydrogens (tertiary/aromatic N) is 1. The molecule has 2 rings (SSSR count). The molecular formula is C12H21NO3. The Morgan fingerprint density at radius 2 is 2.19 bits per heavy atom. The molecule has 0 saturated carbocycles. The molecule has 4 heteroatoms. The summed E-state index contributed by atoms with van der Waals surface area (Å²) in [5.74, 6) is -0.811. The van der Waals surface area contributed by atoms with Crippen LogP contribution in [0.25, 0.3) is 0 Å². The van der Waals surface area contributed by atoms with Gasteiger partial charge in [0.1, 0.15) is 0 Å². The van der Waals surface area contributed by atoms with Crippen LogP contribution >= 0.6 is 0 Å². The minimum Gasteiger partial charge on any atom is -0.479 e. The smallest absolute Gasteiger partial charge is 0.332 e. The van der Waals surface area contributed by atoms with E-state index in [0.717, 1.165) is 19.5 Å². The van der Waals surface area contributed by atoms with Crippen molar-refractivity contribution in [2.24, 2.45) is 0 Å². The molecule has 0 aromatic rings. The summed E-state index contributed by atoms with van der Waals surface area (Å²) in [5, 5.41) is 8.85. The molecule has 2 aliphatic rings. The lowest BCUT2D eigenvalue weighted by atomic mass is 10.0. The molecule has 0 aromatic heterocycles. The second kappa shape index (κ2) is 5.15. The van der Waals surface area contributed by atoms with Gasteiger partial charge < -0.3 is 9.84 Å². The number of aliphatic carboxylic acids is 1. The number of carbonyl (C=O) groups is 1. The molecule has 2 heterocycles. The second-order valence-electron chi connectivity index (χ2n) is 5.00. The highest BCUT2D eigenvalue weighted by Gasteiger charge is 2.32. The molecule has 92 valence electrons. The van der Waals surface area contributed by atoms with Crippen molar-refractivity contribution >= 4 is 5.97 Å². The van der Waals surface area contributed by atoms with E-state index in [9.17, 15) is 4.79 Å². The first-order valence-electron chi connectivity index (χ1n) is 6.29. The molecule has 3 atom stereocenters. The fraction of sp³-hybridized carbons (Fsp3) is 0.917. The monoisotopic (exact) mass is 227 g/mol. The highest BCUT2D eigenvalue weighted by molar-refractivity contribution is 5.72. The van der Waals surface area contributed by atoms with E-state index in [0.29, 0.717) is 12.5 Å². The van der Waals surface area contributed by atoms with E-state index in [1.165, 1.54) is 19.3 Å². The molecule has 16 heavy (non-hydrogen) atoms. The summed E-state index contributed by atoms with van der Waals surface area (Å²) in [5.41, 5.74) is 0. The summed E-state index contributed by atoms with van der Waals surface area (Å²) in [6.45, 7) is 4.30. The van der Waals surface area contributed by atoms with Gasteiger partial charge in [-0.25, -0.2) is 4.79 Å². The number of hydrogen-bond acceptors (Lipinski definition) is 3. The third-order valence-electron chi connectivity index (χ3n) is 3.76. The normalized spacial score (nSPS) is 36.4. The summed E-state index contributed by atoms with van der Waals surface area (Å²) in [7, 11) is 0. The summed E-state index contributed by atoms with van der Waals surface area (Å²) >= 11 is 0. The molecule has 0 aromatic carbocycles. The highest BCUT2D eigenvalue weighted by Crippen LogP contribution is 2.23. The van der Waals surface area contributed by atoms with E-state index in [2.05, 4.69) is 11.8 Å². The lowest BCUT2D eigenvalue weighted by Crippen LogP contribution is -2.42. The quantitative estimate of drug-likeness (QED) is 0.793. The molecule has 4 nitrogen and oxygen atoms in total. The largest absolute Gasteiger partial charge is 0.479 e. The average molecular weight is 227 g/mol. The molecule has 0 aliphatic carbocycles. The predicted octanol–water partition coefficient (Wildman–Crippen LogP) is 1.49. The Labute approximate surface area is 96.6 Å². The maximum absolute atomic E-state index is 10.8. The van der Waals surface area contributed by atoms with Crippen LogP contribution in [0, 0.1) is 0 Å². The van der Waals surface area contributed by atoms with Crippen molar-refractivity contribution in [2.45, 2.75) is 57.3 Å². The Bertz CT molecular complexity index is 257. The van der Waals surface area contributed by atoms with Crippen molar-refractivity contribution in [2.75, 3.05) is 13.1 Å². The Kier molecular flexibility index (Phi) is 3.82. The number of rotatable bonds is 3. The Morgan fingerprint density at radius 3 is 2.81 bits per heavy atom. The van der Waals surface area contributed by atoms with Crippen molar-refractivity contribution in [3.05, 3.63) is 0 Å². The van der Waals surface area contributed by atoms with E-state index in [1.807, 2.05) is 0 Å². The van der Waals surface area contributed by atoms with Crippen LogP contribution in [0.3, 0.4) is 0 Å². The van der Waals surface area contributed by atoms with Crippen LogP contribution in [-0.2, 0) is 9.53 Å². The van der Waals surface area contributed by atoms with Gasteiger partial charge in [-0.2, -0.15) is 0 Å². The zero-order valence-electron chi connectivity index (χ0n) is 9.89. The van der Waals surface area contributed by atoms with E-state index in [1.54, 1.807) is 0 Å². The molecule has 0 spiro atoms. The van der Waals surface area contributed by atoms with Gasteiger partial charge >= 0.3 is 5.97 Å². The van der Waals surface area contributed by atoms with Gasteiger partial charge in [0, 0.05) is 12.6 Å². The summed E-state index contributed by atoms with van der Waals surface area (Å²) in [6.07, 6.45) is 4.96. The first-order valence-corrected chi connectivity index (χ1v) is 6.29. The third kappa shape index (κ3) is 2.74. The Hall–Kier alpha value is -0.610. The van der Waals surface area contributed by atoms with Gasteiger partial charge in [-0.1, -0.05) is 6.42 Å². The van der Waals surface area contributed by atoms with Gasteiger partial charge in [-0.05, 0) is 39.2 Å². The first kappa shape index (κ1) is 11.9. The van der Waals surface area contributed by atoms with Crippen LogP contribution in [0.2, 0.25) is 0 Å². The van der Waals surface area contributed by atoms with Gasteiger partial charge in [-0.15, -0.1) is 0 Å². The van der Waals surface area contributed by atoms with Crippen molar-refractivity contribution in [1.29, 1.82) is 0 Å². The number of piperidine rings is 1. The minimum absolute atomic E-state index is 0.127. The number of likely N-dealkylation sites (tertiary alicyclic amines) is 1. The minimum atomic E-state index is -0.811. The third-order valence-corrected chi connectivity index (χ3v) is 3.76. The summed E-state index contributed by atoms with van der Waals surface area (Å²) in [6, 6.07) is 0.626. The zero-order valence-corrected chi connectivity index (χ0v) is 9.89. The van der Waals surface area contributed by atoms with Gasteiger partial charge in [0.2, 0.25) is 0 Å². The Balaban J connectivity index is 1.79. The van der Waals surface area contributed by atoms with Crippen molar-refractivity contribution < 1.29 is 14.6 Å². The number of hydrogen-bond donors (Lipinski definition) is 1. The van der Waals surface area contributed by atoms with E-state index < -0.39 is 12.1 Å². The van der Waals surface area contributed by atoms with Crippen molar-refractivity contribution in [1.82, 2.24) is 4.90 Å². The lowest BCUT2D eigenvalue weighted by Gasteiger charge is -2.34. The molecule has 2 saturated heterocycles. The van der Waals surface area contributed by atoms with Crippen LogP contribution in [0.15, 0.2) is 0 Å². The van der Waals surface area contributed by atoms with Gasteiger partial charge in [0.15, 0.2) is 6.10 Å². The number of carboxylic acids is 1. The predicted molar refractivity (Wildman–Crippen MR) is 60.4 cm³/mol. The van der Waals surface area contributed by atoms with Gasteiger partial charge in [0.05, 0.1) is 6.10 Å². The van der Waals surface area contributed by atoms with E-state index in [-0.39, 0.29) is 6.10 Å². The molecule has 2 aliphatic heterocycles. The van der Waals surface area contributed by atoms with Crippen LogP contribution in [-0.4, -0.2) is 47.3 Å². The van der Waals surface area contributed by atoms with Crippen LogP contribution in [0.4, 0.5) is 0 Å². The zero-order chi connectivity index (χ0) is 11.5. The Morgan fingerprint density at radius 1 is 1.38 bits per heavy atom. The SMILES string of the molecule is CC1CCCCN1CC1CCC(C(=O)O)O1. The standard InChI is InChI=1S/C12H21NO3/c1-9-4-2-3-7-13(9)8-10-5-6-11(16-10)12(14)15/h9-11H,2-8H2,1H3,(H,14,15). The molecule has 3 unspecified atom stereocenters. The van der Waals surface area contributed by atoms with Crippen LogP contribution in [0.5, 0.6) is 0 Å². The summed E-state index contributed by atoms with van der Waals surface area (Å²) in [4.78, 5) is 13.2. The van der Waals surface area contributed by atoms with E-state index >= 15 is 0 Å². The first-order chi connectivity index (χ1) is 7.66. The average Bonchev–Trinajstić information content (AvgIpc) is 2.70. The highest BCUT2D eigenvalue weighted by atomic mass is 16.5. The fourth-order valence-electron chi connectivity index (χ4n) is 2.71. The molecule has 0 bridgehead atoms. The van der Waals surface area contributed by atoms with Gasteiger partial charge in [0.25, 0.3) is 0 Å². The maximum Gasteiger partial charge on any atom is 0.332 e. The maximum atomic E-state index is 10.8. The number of ether oxygens (including phenoxy) is 1. The van der Waals surface area contributed by atoms with Crippen molar-refractivity contribution in [3.8, 4) is 0 Å². The van der Waals surface area contributed by atoms with E-state index in [4.69, 9.17) is 9.84 Å². The fourth-order valence-corrected chi connectivity index (χ4v) is 2.71. The topological polar surface area (TPSA) is 49.8 Å². The molecule has 2 fully saturated rings. The number of carboxylic acid groups (broad SMARTS) is 1. The van der Waals surface area contributed by atoms with Crippen molar-refractivity contribution in [3.63, 3.8) is 0 Å². The summed E-state index contributed by atoms with van der Waals surface area (Å²) < 4.78 is 5.53.